The first-order valence-electron chi connectivity index (χ1n) is 11.9. The van der Waals surface area contributed by atoms with Gasteiger partial charge in [0.25, 0.3) is 0 Å². The summed E-state index contributed by atoms with van der Waals surface area (Å²) >= 11 is 0. The number of nitrogens with zero attached hydrogens (tertiary/aromatic N) is 2. The van der Waals surface area contributed by atoms with Crippen LogP contribution in [0.25, 0.3) is 0 Å². The number of Topliss-reactive ketones (excluding diaryl/α,β-unsaturated/α-hetero) is 1. The first-order valence-corrected chi connectivity index (χ1v) is 11.9. The summed E-state index contributed by atoms with van der Waals surface area (Å²) in [6, 6.07) is 5.97. The van der Waals surface area contributed by atoms with Gasteiger partial charge in [-0.2, -0.15) is 0 Å². The molecule has 2 N–H and O–H groups in total. The summed E-state index contributed by atoms with van der Waals surface area (Å²) in [5.74, 6) is 0.328. The van der Waals surface area contributed by atoms with Gasteiger partial charge >= 0.3 is 0 Å². The average molecular weight is 443 g/mol. The highest BCUT2D eigenvalue weighted by molar-refractivity contribution is 5.89. The molecule has 2 bridgehead atoms. The molecule has 0 unspecified atom stereocenters. The topological polar surface area (TPSA) is 90.3 Å². The summed E-state index contributed by atoms with van der Waals surface area (Å²) in [5.41, 5.74) is 0.544. The van der Waals surface area contributed by atoms with E-state index in [1.54, 1.807) is 12.0 Å². The quantitative estimate of drug-likeness (QED) is 0.733. The van der Waals surface area contributed by atoms with Crippen molar-refractivity contribution in [2.24, 2.45) is 5.92 Å². The van der Waals surface area contributed by atoms with E-state index in [0.717, 1.165) is 24.3 Å². The Kier molecular flexibility index (Phi) is 5.34. The van der Waals surface area contributed by atoms with Crippen LogP contribution in [0.15, 0.2) is 18.2 Å². The van der Waals surface area contributed by atoms with Crippen LogP contribution in [-0.4, -0.2) is 83.2 Å². The number of methoxy groups -OCH3 is 1. The van der Waals surface area contributed by atoms with Crippen LogP contribution in [-0.2, 0) is 21.4 Å². The first kappa shape index (κ1) is 21.9. The van der Waals surface area contributed by atoms with Gasteiger partial charge in [-0.25, -0.2) is 0 Å². The van der Waals surface area contributed by atoms with Gasteiger partial charge in [-0.1, -0.05) is 6.07 Å². The number of amides is 1. The van der Waals surface area contributed by atoms with Gasteiger partial charge in [0.1, 0.15) is 11.5 Å². The number of hydrogen-bond acceptors (Lipinski definition) is 6. The molecular formula is C25H34N2O5. The van der Waals surface area contributed by atoms with E-state index < -0.39 is 16.9 Å². The Morgan fingerprint density at radius 3 is 2.72 bits per heavy atom. The van der Waals surface area contributed by atoms with Gasteiger partial charge in [0.2, 0.25) is 5.91 Å². The second kappa shape index (κ2) is 7.82. The van der Waals surface area contributed by atoms with Crippen LogP contribution in [0.3, 0.4) is 0 Å². The van der Waals surface area contributed by atoms with Crippen molar-refractivity contribution in [3.05, 3.63) is 29.3 Å². The zero-order chi connectivity index (χ0) is 22.7. The number of carbonyl (C=O) groups excluding carboxylic acids is 2. The number of rotatable bonds is 3. The highest BCUT2D eigenvalue weighted by Gasteiger charge is 2.66. The highest BCUT2D eigenvalue weighted by Crippen LogP contribution is 2.58. The predicted molar refractivity (Wildman–Crippen MR) is 119 cm³/mol. The summed E-state index contributed by atoms with van der Waals surface area (Å²) in [7, 11) is 3.69. The number of hydrogen-bond donors (Lipinski definition) is 2. The standard InChI is InChI=1S/C25H34N2O5/c1-26-10-7-24-15-21(29)17(12-23(30)27-8-5-18(28)6-9-27)14-25(24,31)22(26)11-16-3-4-19(32-2)13-20(16)24/h3-4,13,17-18,22,28,31H,5-12,14-15H2,1-2H3/t17-,22+,24+,25+/m0/s1. The number of piperidine rings is 2. The minimum atomic E-state index is -1.06. The largest absolute Gasteiger partial charge is 0.497 e. The van der Waals surface area contributed by atoms with Crippen LogP contribution >= 0.6 is 0 Å². The minimum Gasteiger partial charge on any atom is -0.497 e. The fourth-order valence-electron chi connectivity index (χ4n) is 6.87. The number of ketones is 1. The van der Waals surface area contributed by atoms with E-state index in [4.69, 9.17) is 4.74 Å². The fraction of sp³-hybridized carbons (Fsp3) is 0.680. The van der Waals surface area contributed by atoms with Gasteiger partial charge in [0, 0.05) is 43.3 Å². The number of aliphatic hydroxyl groups excluding tert-OH is 1. The van der Waals surface area contributed by atoms with Crippen molar-refractivity contribution >= 4 is 11.7 Å². The summed E-state index contributed by atoms with van der Waals surface area (Å²) in [6.45, 7) is 1.90. The van der Waals surface area contributed by atoms with Crippen molar-refractivity contribution in [2.75, 3.05) is 33.8 Å². The maximum absolute atomic E-state index is 13.4. The summed E-state index contributed by atoms with van der Waals surface area (Å²) in [6.07, 6.45) is 3.01. The molecule has 0 spiro atoms. The van der Waals surface area contributed by atoms with Crippen molar-refractivity contribution in [3.63, 3.8) is 0 Å². The monoisotopic (exact) mass is 442 g/mol. The Labute approximate surface area is 189 Å². The van der Waals surface area contributed by atoms with Crippen molar-refractivity contribution in [3.8, 4) is 5.75 Å². The second-order valence-electron chi connectivity index (χ2n) is 10.3. The van der Waals surface area contributed by atoms with E-state index in [9.17, 15) is 19.8 Å². The molecule has 5 rings (SSSR count). The molecule has 3 fully saturated rings. The lowest BCUT2D eigenvalue weighted by Gasteiger charge is -2.63. The van der Waals surface area contributed by atoms with Gasteiger partial charge < -0.3 is 24.7 Å². The van der Waals surface area contributed by atoms with E-state index in [1.165, 1.54) is 5.56 Å². The number of aliphatic hydroxyl groups is 2. The fourth-order valence-corrected chi connectivity index (χ4v) is 6.87. The van der Waals surface area contributed by atoms with Crippen LogP contribution in [0.2, 0.25) is 0 Å². The lowest BCUT2D eigenvalue weighted by atomic mass is 9.47. The average Bonchev–Trinajstić information content (AvgIpc) is 2.77. The number of likely N-dealkylation sites (N-methyl/N-ethyl adjacent to an activating group) is 1. The van der Waals surface area contributed by atoms with Crippen molar-refractivity contribution in [1.82, 2.24) is 9.80 Å². The molecule has 32 heavy (non-hydrogen) atoms. The summed E-state index contributed by atoms with van der Waals surface area (Å²) < 4.78 is 5.48. The zero-order valence-corrected chi connectivity index (χ0v) is 19.0. The van der Waals surface area contributed by atoms with Crippen LogP contribution in [0.5, 0.6) is 5.75 Å². The molecule has 2 aliphatic carbocycles. The smallest absolute Gasteiger partial charge is 0.223 e. The molecule has 2 heterocycles. The number of benzene rings is 1. The van der Waals surface area contributed by atoms with Gasteiger partial charge in [-0.05, 0) is 69.0 Å². The molecular weight excluding hydrogens is 408 g/mol. The first-order chi connectivity index (χ1) is 15.3. The third kappa shape index (κ3) is 3.20. The molecule has 1 aromatic rings. The van der Waals surface area contributed by atoms with E-state index in [2.05, 4.69) is 18.0 Å². The number of carbonyl (C=O) groups is 2. The Bertz CT molecular complexity index is 927. The molecule has 0 radical (unpaired) electrons. The van der Waals surface area contributed by atoms with E-state index >= 15 is 0 Å². The molecule has 4 atom stereocenters. The number of fused-ring (bicyclic) bond motifs is 1. The maximum atomic E-state index is 13.4. The zero-order valence-electron chi connectivity index (χ0n) is 19.0. The van der Waals surface area contributed by atoms with Crippen LogP contribution in [0.1, 0.15) is 49.7 Å². The normalized spacial score (nSPS) is 35.2. The van der Waals surface area contributed by atoms with Crippen LogP contribution in [0.4, 0.5) is 0 Å². The highest BCUT2D eigenvalue weighted by atomic mass is 16.5. The second-order valence-corrected chi connectivity index (χ2v) is 10.3. The molecule has 2 saturated heterocycles. The van der Waals surface area contributed by atoms with Crippen LogP contribution in [0, 0.1) is 5.92 Å². The number of likely N-dealkylation sites (tertiary alicyclic amines) is 2. The van der Waals surface area contributed by atoms with Gasteiger partial charge in [-0.15, -0.1) is 0 Å². The van der Waals surface area contributed by atoms with E-state index in [1.807, 2.05) is 12.1 Å². The Hall–Kier alpha value is -1.96. The SMILES string of the molecule is COc1ccc2c(c1)[C@]13CCN(C)[C@H](C2)[C@]1(O)C[C@H](CC(=O)N1CCC(O)CC1)C(=O)C3. The van der Waals surface area contributed by atoms with Crippen molar-refractivity contribution in [2.45, 2.75) is 68.1 Å². The lowest BCUT2D eigenvalue weighted by molar-refractivity contribution is -0.179. The number of ether oxygens (including phenoxy) is 1. The molecule has 4 aliphatic rings. The van der Waals surface area contributed by atoms with Gasteiger partial charge in [0.05, 0.1) is 18.8 Å². The summed E-state index contributed by atoms with van der Waals surface area (Å²) in [5, 5.41) is 22.0. The van der Waals surface area contributed by atoms with E-state index in [-0.39, 0.29) is 36.7 Å². The lowest BCUT2D eigenvalue weighted by Crippen LogP contribution is -2.73. The Morgan fingerprint density at radius 1 is 1.25 bits per heavy atom. The maximum Gasteiger partial charge on any atom is 0.223 e. The molecule has 7 nitrogen and oxygen atoms in total. The molecule has 1 saturated carbocycles. The third-order valence-electron chi connectivity index (χ3n) is 8.78. The molecule has 0 aromatic heterocycles. The summed E-state index contributed by atoms with van der Waals surface area (Å²) in [4.78, 5) is 30.4. The van der Waals surface area contributed by atoms with Gasteiger partial charge in [0.15, 0.2) is 0 Å². The molecule has 7 heteroatoms. The Balaban J connectivity index is 1.46. The molecule has 1 aromatic carbocycles. The van der Waals surface area contributed by atoms with Gasteiger partial charge in [-0.3, -0.25) is 9.59 Å². The molecule has 2 aliphatic heterocycles. The van der Waals surface area contributed by atoms with Crippen molar-refractivity contribution in [1.29, 1.82) is 0 Å². The predicted octanol–water partition coefficient (Wildman–Crippen LogP) is 1.28. The van der Waals surface area contributed by atoms with Crippen molar-refractivity contribution < 1.29 is 24.5 Å². The Morgan fingerprint density at radius 2 is 2.00 bits per heavy atom. The molecule has 1 amide bonds. The minimum absolute atomic E-state index is 0.0359. The molecule has 174 valence electrons. The third-order valence-corrected chi connectivity index (χ3v) is 8.78. The van der Waals surface area contributed by atoms with Crippen LogP contribution < -0.4 is 4.74 Å². The van der Waals surface area contributed by atoms with E-state index in [0.29, 0.717) is 38.8 Å².